The Morgan fingerprint density at radius 3 is 2.67 bits per heavy atom. The van der Waals surface area contributed by atoms with E-state index in [0.29, 0.717) is 17.0 Å². The molecule has 0 saturated heterocycles. The van der Waals surface area contributed by atoms with Crippen LogP contribution in [0.4, 0.5) is 10.1 Å². The molecule has 2 rings (SSSR count). The van der Waals surface area contributed by atoms with Crippen molar-refractivity contribution in [3.63, 3.8) is 0 Å². The van der Waals surface area contributed by atoms with Crippen LogP contribution in [0.3, 0.4) is 0 Å². The lowest BCUT2D eigenvalue weighted by Gasteiger charge is -2.14. The summed E-state index contributed by atoms with van der Waals surface area (Å²) in [6.45, 7) is 1.83. The van der Waals surface area contributed by atoms with E-state index in [0.717, 1.165) is 10.0 Å². The van der Waals surface area contributed by atoms with Crippen LogP contribution in [0.1, 0.15) is 15.9 Å². The van der Waals surface area contributed by atoms with E-state index in [-0.39, 0.29) is 10.1 Å². The maximum Gasteiger partial charge on any atom is 0.261 e. The Balaban J connectivity index is 2.14. The number of methoxy groups -OCH3 is 1. The number of rotatable bonds is 3. The highest BCUT2D eigenvalue weighted by Crippen LogP contribution is 2.27. The maximum absolute atomic E-state index is 13.1. The summed E-state index contributed by atoms with van der Waals surface area (Å²) >= 11 is 14.2. The number of benzene rings is 2. The van der Waals surface area contributed by atoms with Gasteiger partial charge in [-0.15, -0.1) is 0 Å². The number of nitrogens with one attached hydrogen (secondary N) is 2. The van der Waals surface area contributed by atoms with Crippen LogP contribution >= 0.6 is 39.7 Å². The van der Waals surface area contributed by atoms with Crippen molar-refractivity contribution in [3.05, 3.63) is 56.8 Å². The van der Waals surface area contributed by atoms with E-state index < -0.39 is 11.7 Å². The number of halogens is 3. The number of amides is 1. The van der Waals surface area contributed by atoms with E-state index in [1.807, 2.05) is 13.0 Å². The van der Waals surface area contributed by atoms with E-state index in [4.69, 9.17) is 28.6 Å². The molecule has 0 heterocycles. The lowest BCUT2D eigenvalue weighted by Crippen LogP contribution is -2.34. The summed E-state index contributed by atoms with van der Waals surface area (Å²) in [5, 5.41) is 5.34. The Morgan fingerprint density at radius 1 is 1.33 bits per heavy atom. The van der Waals surface area contributed by atoms with Gasteiger partial charge < -0.3 is 10.1 Å². The van der Waals surface area contributed by atoms with Gasteiger partial charge in [-0.3, -0.25) is 10.1 Å². The quantitative estimate of drug-likeness (QED) is 0.693. The minimum absolute atomic E-state index is 0.0431. The molecule has 8 heteroatoms. The summed E-state index contributed by atoms with van der Waals surface area (Å²) in [6.07, 6.45) is 0. The van der Waals surface area contributed by atoms with Crippen LogP contribution < -0.4 is 15.4 Å². The minimum atomic E-state index is -0.536. The fraction of sp³-hybridized carbons (Fsp3) is 0.125. The highest BCUT2D eigenvalue weighted by molar-refractivity contribution is 9.10. The molecule has 2 N–H and O–H groups in total. The number of carbonyl (C=O) groups excluding carboxylic acids is 1. The molecule has 126 valence electrons. The second-order valence-corrected chi connectivity index (χ2v) is 6.57. The highest BCUT2D eigenvalue weighted by atomic mass is 79.9. The molecule has 0 atom stereocenters. The van der Waals surface area contributed by atoms with Gasteiger partial charge in [-0.05, 0) is 55.0 Å². The summed E-state index contributed by atoms with van der Waals surface area (Å²) in [5.74, 6) is -0.503. The van der Waals surface area contributed by atoms with Crippen molar-refractivity contribution in [1.82, 2.24) is 5.32 Å². The fourth-order valence-electron chi connectivity index (χ4n) is 2.08. The Labute approximate surface area is 157 Å². The summed E-state index contributed by atoms with van der Waals surface area (Å²) in [4.78, 5) is 12.4. The molecule has 0 unspecified atom stereocenters. The zero-order valence-corrected chi connectivity index (χ0v) is 15.9. The molecule has 4 nitrogen and oxygen atoms in total. The number of aryl methyl sites for hydroxylation is 1. The van der Waals surface area contributed by atoms with Crippen molar-refractivity contribution < 1.29 is 13.9 Å². The van der Waals surface area contributed by atoms with Crippen LogP contribution in [0.25, 0.3) is 0 Å². The normalized spacial score (nSPS) is 10.2. The molecular formula is C16H13BrClFN2O2S. The molecule has 0 saturated carbocycles. The average molecular weight is 432 g/mol. The van der Waals surface area contributed by atoms with Gasteiger partial charge in [-0.2, -0.15) is 0 Å². The van der Waals surface area contributed by atoms with Gasteiger partial charge in [0.25, 0.3) is 5.91 Å². The molecule has 0 bridgehead atoms. The molecule has 0 aliphatic heterocycles. The number of ether oxygens (including phenoxy) is 1. The third-order valence-electron chi connectivity index (χ3n) is 3.09. The molecule has 0 aliphatic carbocycles. The Kier molecular flexibility index (Phi) is 6.15. The molecule has 0 aliphatic rings. The summed E-state index contributed by atoms with van der Waals surface area (Å²) < 4.78 is 19.2. The number of hydrogen-bond acceptors (Lipinski definition) is 3. The maximum atomic E-state index is 13.1. The second kappa shape index (κ2) is 7.92. The topological polar surface area (TPSA) is 50.4 Å². The van der Waals surface area contributed by atoms with E-state index in [1.165, 1.54) is 25.3 Å². The first kappa shape index (κ1) is 18.6. The van der Waals surface area contributed by atoms with E-state index in [1.54, 1.807) is 6.07 Å². The van der Waals surface area contributed by atoms with Crippen molar-refractivity contribution in [1.29, 1.82) is 0 Å². The van der Waals surface area contributed by atoms with E-state index in [2.05, 4.69) is 26.6 Å². The molecule has 2 aromatic carbocycles. The molecule has 0 radical (unpaired) electrons. The monoisotopic (exact) mass is 430 g/mol. The van der Waals surface area contributed by atoms with Crippen LogP contribution in [0, 0.1) is 12.7 Å². The fourth-order valence-corrected chi connectivity index (χ4v) is 3.04. The Hall–Kier alpha value is -1.70. The number of carbonyl (C=O) groups is 1. The summed E-state index contributed by atoms with van der Waals surface area (Å²) in [5.41, 5.74) is 1.61. The molecule has 0 spiro atoms. The van der Waals surface area contributed by atoms with Gasteiger partial charge in [0.1, 0.15) is 11.6 Å². The third kappa shape index (κ3) is 4.43. The summed E-state index contributed by atoms with van der Waals surface area (Å²) in [7, 11) is 1.49. The number of thiocarbonyl (C=S) groups is 1. The third-order valence-corrected chi connectivity index (χ3v) is 4.04. The standard InChI is InChI=1S/C16H13BrClFN2O2S/c1-8-5-9(17)6-11(14(8)23-2)15(22)21-16(24)20-10-3-4-13(19)12(18)7-10/h3-7H,1-2H3,(H2,20,21,22,24). The molecule has 1 amide bonds. The lowest BCUT2D eigenvalue weighted by atomic mass is 10.1. The first-order valence-electron chi connectivity index (χ1n) is 6.73. The number of anilines is 1. The van der Waals surface area contributed by atoms with Gasteiger partial charge in [0.2, 0.25) is 0 Å². The zero-order valence-electron chi connectivity index (χ0n) is 12.7. The van der Waals surface area contributed by atoms with Gasteiger partial charge in [-0.25, -0.2) is 4.39 Å². The summed E-state index contributed by atoms with van der Waals surface area (Å²) in [6, 6.07) is 7.52. The highest BCUT2D eigenvalue weighted by Gasteiger charge is 2.17. The first-order valence-corrected chi connectivity index (χ1v) is 8.31. The number of hydrogen-bond donors (Lipinski definition) is 2. The SMILES string of the molecule is COc1c(C)cc(Br)cc1C(=O)NC(=S)Nc1ccc(F)c(Cl)c1. The molecule has 0 fully saturated rings. The Bertz CT molecular complexity index is 817. The van der Waals surface area contributed by atoms with Gasteiger partial charge in [0.15, 0.2) is 5.11 Å². The average Bonchev–Trinajstić information content (AvgIpc) is 2.50. The zero-order chi connectivity index (χ0) is 17.9. The van der Waals surface area contributed by atoms with Gasteiger partial charge >= 0.3 is 0 Å². The van der Waals surface area contributed by atoms with Crippen molar-refractivity contribution in [2.75, 3.05) is 12.4 Å². The molecule has 24 heavy (non-hydrogen) atoms. The first-order chi connectivity index (χ1) is 11.3. The van der Waals surface area contributed by atoms with Crippen LogP contribution in [0.2, 0.25) is 5.02 Å². The molecular weight excluding hydrogens is 419 g/mol. The van der Waals surface area contributed by atoms with Crippen LogP contribution in [-0.2, 0) is 0 Å². The molecule has 2 aromatic rings. The smallest absolute Gasteiger partial charge is 0.261 e. The van der Waals surface area contributed by atoms with Crippen molar-refractivity contribution >= 4 is 56.5 Å². The van der Waals surface area contributed by atoms with E-state index in [9.17, 15) is 9.18 Å². The van der Waals surface area contributed by atoms with Crippen LogP contribution in [-0.4, -0.2) is 18.1 Å². The predicted molar refractivity (Wildman–Crippen MR) is 101 cm³/mol. The second-order valence-electron chi connectivity index (χ2n) is 4.84. The van der Waals surface area contributed by atoms with Gasteiger partial charge in [0, 0.05) is 10.2 Å². The van der Waals surface area contributed by atoms with Crippen LogP contribution in [0.5, 0.6) is 5.75 Å². The van der Waals surface area contributed by atoms with Gasteiger partial charge in [-0.1, -0.05) is 27.5 Å². The van der Waals surface area contributed by atoms with Gasteiger partial charge in [0.05, 0.1) is 17.7 Å². The van der Waals surface area contributed by atoms with Crippen molar-refractivity contribution in [2.24, 2.45) is 0 Å². The molecule has 0 aromatic heterocycles. The van der Waals surface area contributed by atoms with Crippen molar-refractivity contribution in [2.45, 2.75) is 6.92 Å². The van der Waals surface area contributed by atoms with Crippen molar-refractivity contribution in [3.8, 4) is 5.75 Å². The minimum Gasteiger partial charge on any atom is -0.496 e. The largest absolute Gasteiger partial charge is 0.496 e. The lowest BCUT2D eigenvalue weighted by molar-refractivity contribution is 0.0974. The Morgan fingerprint density at radius 2 is 2.04 bits per heavy atom. The van der Waals surface area contributed by atoms with E-state index >= 15 is 0 Å². The predicted octanol–water partition coefficient (Wildman–Crippen LogP) is 4.69. The van der Waals surface area contributed by atoms with Crippen LogP contribution in [0.15, 0.2) is 34.8 Å².